The topological polar surface area (TPSA) is 66.3 Å². The van der Waals surface area contributed by atoms with Crippen molar-refractivity contribution in [2.45, 2.75) is 18.8 Å². The van der Waals surface area contributed by atoms with Gasteiger partial charge in [0, 0.05) is 36.1 Å². The number of rotatable bonds is 3. The summed E-state index contributed by atoms with van der Waals surface area (Å²) in [5.41, 5.74) is 2.72. The number of anilines is 1. The van der Waals surface area contributed by atoms with E-state index in [9.17, 15) is 9.90 Å². The van der Waals surface area contributed by atoms with Gasteiger partial charge in [-0.25, -0.2) is 9.97 Å². The van der Waals surface area contributed by atoms with Crippen LogP contribution in [0.2, 0.25) is 0 Å². The van der Waals surface area contributed by atoms with Gasteiger partial charge in [-0.05, 0) is 18.6 Å². The molecule has 1 amide bonds. The highest BCUT2D eigenvalue weighted by molar-refractivity contribution is 5.99. The molecule has 2 heterocycles. The lowest BCUT2D eigenvalue weighted by Gasteiger charge is -2.22. The third-order valence-corrected chi connectivity index (χ3v) is 4.01. The first-order chi connectivity index (χ1) is 10.2. The zero-order valence-corrected chi connectivity index (χ0v) is 11.8. The predicted octanol–water partition coefficient (Wildman–Crippen LogP) is 1.70. The number of hydrogen-bond donors (Lipinski definition) is 1. The Kier molecular flexibility index (Phi) is 3.66. The van der Waals surface area contributed by atoms with Crippen LogP contribution in [0, 0.1) is 0 Å². The fourth-order valence-corrected chi connectivity index (χ4v) is 2.77. The van der Waals surface area contributed by atoms with Gasteiger partial charge in [0.15, 0.2) is 0 Å². The van der Waals surface area contributed by atoms with Gasteiger partial charge in [0.05, 0.1) is 12.5 Å². The van der Waals surface area contributed by atoms with E-state index in [4.69, 9.17) is 0 Å². The molecule has 5 nitrogen and oxygen atoms in total. The van der Waals surface area contributed by atoms with Gasteiger partial charge in [0.1, 0.15) is 6.33 Å². The van der Waals surface area contributed by atoms with Gasteiger partial charge >= 0.3 is 0 Å². The van der Waals surface area contributed by atoms with Gasteiger partial charge in [0.25, 0.3) is 0 Å². The lowest BCUT2D eigenvalue weighted by molar-refractivity contribution is -0.119. The molecule has 0 bridgehead atoms. The minimum absolute atomic E-state index is 0.00759. The SMILES string of the molecule is CC(C(=O)N1CC(CO)c2ccccc21)c1cncnc1. The second-order valence-electron chi connectivity index (χ2n) is 5.28. The van der Waals surface area contributed by atoms with Crippen LogP contribution in [-0.4, -0.2) is 34.1 Å². The normalized spacial score (nSPS) is 18.4. The Morgan fingerprint density at radius 2 is 2.10 bits per heavy atom. The monoisotopic (exact) mass is 283 g/mol. The van der Waals surface area contributed by atoms with Crippen molar-refractivity contribution in [2.24, 2.45) is 0 Å². The summed E-state index contributed by atoms with van der Waals surface area (Å²) in [6, 6.07) is 7.75. The van der Waals surface area contributed by atoms with E-state index in [0.29, 0.717) is 6.54 Å². The third-order valence-electron chi connectivity index (χ3n) is 4.01. The van der Waals surface area contributed by atoms with E-state index in [-0.39, 0.29) is 24.3 Å². The summed E-state index contributed by atoms with van der Waals surface area (Å²) < 4.78 is 0. The van der Waals surface area contributed by atoms with Crippen molar-refractivity contribution in [1.82, 2.24) is 9.97 Å². The third kappa shape index (κ3) is 2.40. The molecule has 0 aliphatic carbocycles. The Balaban J connectivity index is 1.90. The number of fused-ring (bicyclic) bond motifs is 1. The van der Waals surface area contributed by atoms with Crippen LogP contribution in [0.5, 0.6) is 0 Å². The fraction of sp³-hybridized carbons (Fsp3) is 0.312. The van der Waals surface area contributed by atoms with Crippen molar-refractivity contribution >= 4 is 11.6 Å². The van der Waals surface area contributed by atoms with Gasteiger partial charge in [-0.3, -0.25) is 4.79 Å². The summed E-state index contributed by atoms with van der Waals surface area (Å²) in [5, 5.41) is 9.51. The zero-order chi connectivity index (χ0) is 14.8. The molecule has 1 aromatic heterocycles. The Morgan fingerprint density at radius 3 is 2.81 bits per heavy atom. The lowest BCUT2D eigenvalue weighted by Crippen LogP contribution is -2.33. The highest BCUT2D eigenvalue weighted by atomic mass is 16.3. The van der Waals surface area contributed by atoms with Crippen LogP contribution in [0.1, 0.15) is 29.9 Å². The van der Waals surface area contributed by atoms with Gasteiger partial charge in [0.2, 0.25) is 5.91 Å². The molecule has 1 aliphatic rings. The number of amides is 1. The summed E-state index contributed by atoms with van der Waals surface area (Å²) in [7, 11) is 0. The maximum absolute atomic E-state index is 12.8. The van der Waals surface area contributed by atoms with E-state index in [2.05, 4.69) is 9.97 Å². The van der Waals surface area contributed by atoms with Crippen molar-refractivity contribution in [2.75, 3.05) is 18.1 Å². The molecule has 0 saturated heterocycles. The van der Waals surface area contributed by atoms with Crippen LogP contribution in [0.15, 0.2) is 43.0 Å². The van der Waals surface area contributed by atoms with Crippen molar-refractivity contribution in [3.05, 3.63) is 54.1 Å². The Bertz CT molecular complexity index is 645. The van der Waals surface area contributed by atoms with Crippen molar-refractivity contribution < 1.29 is 9.90 Å². The molecule has 0 radical (unpaired) electrons. The number of para-hydroxylation sites is 1. The van der Waals surface area contributed by atoms with Gasteiger partial charge in [-0.1, -0.05) is 18.2 Å². The maximum atomic E-state index is 12.8. The van der Waals surface area contributed by atoms with E-state index in [1.807, 2.05) is 31.2 Å². The van der Waals surface area contributed by atoms with Crippen LogP contribution < -0.4 is 4.90 Å². The molecular formula is C16H17N3O2. The number of aliphatic hydroxyl groups excluding tert-OH is 1. The number of aromatic nitrogens is 2. The van der Waals surface area contributed by atoms with Gasteiger partial charge < -0.3 is 10.0 Å². The highest BCUT2D eigenvalue weighted by Gasteiger charge is 2.34. The maximum Gasteiger partial charge on any atom is 0.234 e. The Labute approximate surface area is 123 Å². The minimum Gasteiger partial charge on any atom is -0.396 e. The van der Waals surface area contributed by atoms with Crippen LogP contribution >= 0.6 is 0 Å². The Hall–Kier alpha value is -2.27. The lowest BCUT2D eigenvalue weighted by atomic mass is 10.0. The molecule has 1 N–H and O–H groups in total. The first kappa shape index (κ1) is 13.7. The number of hydrogen-bond acceptors (Lipinski definition) is 4. The van der Waals surface area contributed by atoms with Crippen molar-refractivity contribution in [1.29, 1.82) is 0 Å². The van der Waals surface area contributed by atoms with E-state index in [1.165, 1.54) is 6.33 Å². The summed E-state index contributed by atoms with van der Waals surface area (Å²) in [4.78, 5) is 22.5. The van der Waals surface area contributed by atoms with Crippen LogP contribution in [0.4, 0.5) is 5.69 Å². The molecule has 0 fully saturated rings. The molecule has 1 aliphatic heterocycles. The Morgan fingerprint density at radius 1 is 1.38 bits per heavy atom. The average molecular weight is 283 g/mol. The van der Waals surface area contributed by atoms with Crippen molar-refractivity contribution in [3.8, 4) is 0 Å². The average Bonchev–Trinajstić information content (AvgIpc) is 2.93. The number of carbonyl (C=O) groups is 1. The second kappa shape index (κ2) is 5.61. The fourth-order valence-electron chi connectivity index (χ4n) is 2.77. The van der Waals surface area contributed by atoms with E-state index >= 15 is 0 Å². The summed E-state index contributed by atoms with van der Waals surface area (Å²) in [6.07, 6.45) is 4.79. The summed E-state index contributed by atoms with van der Waals surface area (Å²) >= 11 is 0. The smallest absolute Gasteiger partial charge is 0.234 e. The summed E-state index contributed by atoms with van der Waals surface area (Å²) in [5.74, 6) is -0.311. The molecule has 2 aromatic rings. The standard InChI is InChI=1S/C16H17N3O2/c1-11(12-6-17-10-18-7-12)16(21)19-8-13(9-20)14-4-2-3-5-15(14)19/h2-7,10-11,13,20H,8-9H2,1H3. The molecule has 1 aromatic carbocycles. The van der Waals surface area contributed by atoms with Gasteiger partial charge in [-0.2, -0.15) is 0 Å². The van der Waals surface area contributed by atoms with E-state index < -0.39 is 0 Å². The molecule has 0 saturated carbocycles. The number of nitrogens with zero attached hydrogens (tertiary/aromatic N) is 3. The van der Waals surface area contributed by atoms with E-state index in [0.717, 1.165) is 16.8 Å². The second-order valence-corrected chi connectivity index (χ2v) is 5.28. The summed E-state index contributed by atoms with van der Waals surface area (Å²) in [6.45, 7) is 2.42. The molecule has 0 spiro atoms. The van der Waals surface area contributed by atoms with Crippen LogP contribution in [0.3, 0.4) is 0 Å². The number of carbonyl (C=O) groups excluding carboxylic acids is 1. The molecular weight excluding hydrogens is 266 g/mol. The van der Waals surface area contributed by atoms with Crippen LogP contribution in [-0.2, 0) is 4.79 Å². The largest absolute Gasteiger partial charge is 0.396 e. The minimum atomic E-state index is -0.309. The molecule has 2 unspecified atom stereocenters. The van der Waals surface area contributed by atoms with E-state index in [1.54, 1.807) is 17.3 Å². The first-order valence-electron chi connectivity index (χ1n) is 6.98. The highest BCUT2D eigenvalue weighted by Crippen LogP contribution is 2.37. The molecule has 3 rings (SSSR count). The molecule has 108 valence electrons. The van der Waals surface area contributed by atoms with Crippen LogP contribution in [0.25, 0.3) is 0 Å². The first-order valence-corrected chi connectivity index (χ1v) is 6.98. The number of aliphatic hydroxyl groups is 1. The quantitative estimate of drug-likeness (QED) is 0.931. The molecule has 5 heteroatoms. The molecule has 21 heavy (non-hydrogen) atoms. The molecule has 2 atom stereocenters. The predicted molar refractivity (Wildman–Crippen MR) is 79.1 cm³/mol. The number of benzene rings is 1. The van der Waals surface area contributed by atoms with Gasteiger partial charge in [-0.15, -0.1) is 0 Å². The zero-order valence-electron chi connectivity index (χ0n) is 11.8. The van der Waals surface area contributed by atoms with Crippen molar-refractivity contribution in [3.63, 3.8) is 0 Å².